The van der Waals surface area contributed by atoms with Crippen molar-refractivity contribution in [2.24, 2.45) is 0 Å². The second-order valence-electron chi connectivity index (χ2n) is 10.9. The topological polar surface area (TPSA) is 8.17 Å². The van der Waals surface area contributed by atoms with E-state index in [2.05, 4.69) is 167 Å². The van der Waals surface area contributed by atoms with Crippen LogP contribution in [0.1, 0.15) is 5.56 Å². The number of allylic oxidation sites excluding steroid dienone is 3. The third-order valence-electron chi connectivity index (χ3n) is 8.48. The molecule has 0 radical (unpaired) electrons. The van der Waals surface area contributed by atoms with Crippen molar-refractivity contribution in [2.75, 3.05) is 11.4 Å². The van der Waals surface area contributed by atoms with E-state index in [9.17, 15) is 0 Å². The predicted octanol–water partition coefficient (Wildman–Crippen LogP) is 10.4. The van der Waals surface area contributed by atoms with Crippen molar-refractivity contribution in [3.8, 4) is 16.8 Å². The molecule has 0 fully saturated rings. The zero-order valence-electron chi connectivity index (χ0n) is 23.3. The summed E-state index contributed by atoms with van der Waals surface area (Å²) in [6.07, 6.45) is 9.77. The molecule has 0 atom stereocenters. The standard InChI is InChI=1S/C40H30N2/c1-2-11-27-41(34-24-21-30-14-7-8-15-32(30)28-34)37-25-26-39-40(35(37)16-6-1)36-17-9-10-18-38(36)42(39)33-22-19-31(20-23-33)29-12-4-3-5-13-29/h1-15,17-26,28H,16,27H2. The van der Waals surface area contributed by atoms with E-state index in [0.717, 1.165) is 13.0 Å². The maximum absolute atomic E-state index is 2.46. The lowest BCUT2D eigenvalue weighted by Gasteiger charge is -2.27. The first-order chi connectivity index (χ1) is 20.8. The van der Waals surface area contributed by atoms with Gasteiger partial charge in [-0.05, 0) is 76.3 Å². The van der Waals surface area contributed by atoms with E-state index in [0.29, 0.717) is 0 Å². The van der Waals surface area contributed by atoms with Gasteiger partial charge in [0.2, 0.25) is 0 Å². The van der Waals surface area contributed by atoms with Crippen molar-refractivity contribution >= 4 is 44.0 Å². The molecule has 2 nitrogen and oxygen atoms in total. The molecule has 7 aromatic rings. The quantitative estimate of drug-likeness (QED) is 0.217. The highest BCUT2D eigenvalue weighted by Gasteiger charge is 2.21. The lowest BCUT2D eigenvalue weighted by molar-refractivity contribution is 1.08. The highest BCUT2D eigenvalue weighted by Crippen LogP contribution is 2.41. The van der Waals surface area contributed by atoms with Crippen molar-refractivity contribution in [3.05, 3.63) is 163 Å². The van der Waals surface area contributed by atoms with Crippen LogP contribution in [-0.2, 0) is 6.42 Å². The Morgan fingerprint density at radius 1 is 0.500 bits per heavy atom. The molecule has 8 rings (SSSR count). The largest absolute Gasteiger partial charge is 0.337 e. The van der Waals surface area contributed by atoms with Gasteiger partial charge >= 0.3 is 0 Å². The van der Waals surface area contributed by atoms with Gasteiger partial charge in [0.25, 0.3) is 0 Å². The molecular formula is C40H30N2. The molecule has 0 amide bonds. The van der Waals surface area contributed by atoms with Crippen LogP contribution in [-0.4, -0.2) is 11.1 Å². The molecule has 0 unspecified atom stereocenters. The number of hydrogen-bond donors (Lipinski definition) is 0. The van der Waals surface area contributed by atoms with Gasteiger partial charge in [-0.2, -0.15) is 0 Å². The summed E-state index contributed by atoms with van der Waals surface area (Å²) in [5.41, 5.74) is 9.93. The predicted molar refractivity (Wildman–Crippen MR) is 179 cm³/mol. The average Bonchev–Trinajstić information content (AvgIpc) is 3.44. The summed E-state index contributed by atoms with van der Waals surface area (Å²) in [5.74, 6) is 0. The maximum Gasteiger partial charge on any atom is 0.0545 e. The van der Waals surface area contributed by atoms with Crippen molar-refractivity contribution in [1.82, 2.24) is 4.57 Å². The molecule has 6 aromatic carbocycles. The Hall–Kier alpha value is -5.34. The number of rotatable bonds is 3. The minimum Gasteiger partial charge on any atom is -0.337 e. The Kier molecular flexibility index (Phi) is 5.97. The fourth-order valence-electron chi connectivity index (χ4n) is 6.49. The molecule has 2 heterocycles. The van der Waals surface area contributed by atoms with Crippen LogP contribution in [0.2, 0.25) is 0 Å². The van der Waals surface area contributed by atoms with Gasteiger partial charge in [0, 0.05) is 34.4 Å². The Labute approximate surface area is 246 Å². The molecule has 0 bridgehead atoms. The number of nitrogens with zero attached hydrogens (tertiary/aromatic N) is 2. The molecule has 0 saturated carbocycles. The molecule has 200 valence electrons. The van der Waals surface area contributed by atoms with Crippen molar-refractivity contribution in [1.29, 1.82) is 0 Å². The van der Waals surface area contributed by atoms with Gasteiger partial charge in [0.15, 0.2) is 0 Å². The molecule has 1 aliphatic heterocycles. The van der Waals surface area contributed by atoms with Crippen LogP contribution >= 0.6 is 0 Å². The summed E-state index contributed by atoms with van der Waals surface area (Å²) >= 11 is 0. The molecule has 2 heteroatoms. The average molecular weight is 539 g/mol. The Balaban J connectivity index is 1.34. The molecule has 1 aliphatic rings. The van der Waals surface area contributed by atoms with E-state index in [1.54, 1.807) is 0 Å². The number of fused-ring (bicyclic) bond motifs is 6. The van der Waals surface area contributed by atoms with Gasteiger partial charge in [-0.1, -0.05) is 115 Å². The van der Waals surface area contributed by atoms with Crippen LogP contribution < -0.4 is 4.90 Å². The van der Waals surface area contributed by atoms with Gasteiger partial charge in [-0.15, -0.1) is 0 Å². The first-order valence-corrected chi connectivity index (χ1v) is 14.6. The van der Waals surface area contributed by atoms with Crippen LogP contribution in [0.3, 0.4) is 0 Å². The Morgan fingerprint density at radius 3 is 2.10 bits per heavy atom. The molecular weight excluding hydrogens is 508 g/mol. The highest BCUT2D eigenvalue weighted by molar-refractivity contribution is 6.12. The van der Waals surface area contributed by atoms with E-state index in [1.165, 1.54) is 66.3 Å². The molecule has 0 N–H and O–H groups in total. The third-order valence-corrected chi connectivity index (χ3v) is 8.48. The fourth-order valence-corrected chi connectivity index (χ4v) is 6.49. The van der Waals surface area contributed by atoms with Crippen molar-refractivity contribution in [3.63, 3.8) is 0 Å². The second kappa shape index (κ2) is 10.2. The van der Waals surface area contributed by atoms with Gasteiger partial charge in [0.05, 0.1) is 11.0 Å². The molecule has 1 aromatic heterocycles. The summed E-state index contributed by atoms with van der Waals surface area (Å²) in [7, 11) is 0. The van der Waals surface area contributed by atoms with Crippen LogP contribution in [0.15, 0.2) is 158 Å². The van der Waals surface area contributed by atoms with Crippen LogP contribution in [0.25, 0.3) is 49.4 Å². The van der Waals surface area contributed by atoms with E-state index in [4.69, 9.17) is 0 Å². The van der Waals surface area contributed by atoms with Gasteiger partial charge in [0.1, 0.15) is 0 Å². The van der Waals surface area contributed by atoms with E-state index >= 15 is 0 Å². The first kappa shape index (κ1) is 24.5. The smallest absolute Gasteiger partial charge is 0.0545 e. The van der Waals surface area contributed by atoms with E-state index < -0.39 is 0 Å². The summed E-state index contributed by atoms with van der Waals surface area (Å²) in [6.45, 7) is 0.806. The molecule has 42 heavy (non-hydrogen) atoms. The summed E-state index contributed by atoms with van der Waals surface area (Å²) in [4.78, 5) is 2.46. The third kappa shape index (κ3) is 4.12. The second-order valence-corrected chi connectivity index (χ2v) is 10.9. The minimum absolute atomic E-state index is 0.806. The van der Waals surface area contributed by atoms with Crippen molar-refractivity contribution < 1.29 is 0 Å². The zero-order valence-corrected chi connectivity index (χ0v) is 23.3. The van der Waals surface area contributed by atoms with E-state index in [1.807, 2.05) is 0 Å². The Bertz CT molecular complexity index is 2130. The van der Waals surface area contributed by atoms with Crippen LogP contribution in [0, 0.1) is 0 Å². The number of anilines is 2. The Morgan fingerprint density at radius 2 is 1.21 bits per heavy atom. The number of benzene rings is 6. The van der Waals surface area contributed by atoms with Gasteiger partial charge < -0.3 is 9.47 Å². The van der Waals surface area contributed by atoms with Gasteiger partial charge in [-0.3, -0.25) is 0 Å². The summed E-state index contributed by atoms with van der Waals surface area (Å²) in [5, 5.41) is 5.14. The van der Waals surface area contributed by atoms with Crippen LogP contribution in [0.4, 0.5) is 11.4 Å². The zero-order chi connectivity index (χ0) is 27.9. The monoisotopic (exact) mass is 538 g/mol. The lowest BCUT2D eigenvalue weighted by Crippen LogP contribution is -2.18. The number of hydrogen-bond acceptors (Lipinski definition) is 1. The number of aromatic nitrogens is 1. The highest BCUT2D eigenvalue weighted by atomic mass is 15.1. The summed E-state index contributed by atoms with van der Waals surface area (Å²) in [6, 6.07) is 48.5. The fraction of sp³-hybridized carbons (Fsp3) is 0.0500. The van der Waals surface area contributed by atoms with Crippen molar-refractivity contribution in [2.45, 2.75) is 6.42 Å². The lowest BCUT2D eigenvalue weighted by atomic mass is 10.00. The maximum atomic E-state index is 2.46. The normalized spacial score (nSPS) is 13.3. The number of para-hydroxylation sites is 1. The summed E-state index contributed by atoms with van der Waals surface area (Å²) < 4.78 is 2.43. The van der Waals surface area contributed by atoms with E-state index in [-0.39, 0.29) is 0 Å². The molecule has 0 spiro atoms. The van der Waals surface area contributed by atoms with Crippen LogP contribution in [0.5, 0.6) is 0 Å². The van der Waals surface area contributed by atoms with Gasteiger partial charge in [-0.25, -0.2) is 0 Å². The first-order valence-electron chi connectivity index (χ1n) is 14.6. The SMILES string of the molecule is C1=CCc2c(ccc3c2c2ccccc2n3-c2ccc(-c3ccccc3)cc2)N(c2ccc3ccccc3c2)CC=C1. The molecule has 0 saturated heterocycles. The molecule has 0 aliphatic carbocycles. The minimum atomic E-state index is 0.806.